The Balaban J connectivity index is 2.04. The van der Waals surface area contributed by atoms with Gasteiger partial charge in [0.25, 0.3) is 0 Å². The topological polar surface area (TPSA) is 21.1 Å². The van der Waals surface area contributed by atoms with Crippen molar-refractivity contribution in [1.82, 2.24) is 14.5 Å². The van der Waals surface area contributed by atoms with Crippen LogP contribution in [0.1, 0.15) is 19.8 Å². The van der Waals surface area contributed by atoms with Crippen molar-refractivity contribution < 1.29 is 0 Å². The fourth-order valence-electron chi connectivity index (χ4n) is 1.45. The van der Waals surface area contributed by atoms with Crippen LogP contribution in [0.25, 0.3) is 0 Å². The van der Waals surface area contributed by atoms with E-state index in [1.54, 1.807) is 0 Å². The van der Waals surface area contributed by atoms with Gasteiger partial charge in [0.05, 0.1) is 6.33 Å². The first-order chi connectivity index (χ1) is 7.18. The Labute approximate surface area is 97.1 Å². The maximum Gasteiger partial charge on any atom is 0.0945 e. The monoisotopic (exact) mass is 229 g/mol. The average molecular weight is 230 g/mol. The van der Waals surface area contributed by atoms with Crippen LogP contribution in [0, 0.1) is 0 Å². The second-order valence-electron chi connectivity index (χ2n) is 4.03. The van der Waals surface area contributed by atoms with E-state index < -0.39 is 0 Å². The normalized spacial score (nSPS) is 13.3. The summed E-state index contributed by atoms with van der Waals surface area (Å²) in [4.78, 5) is 6.34. The molecule has 1 atom stereocenters. The van der Waals surface area contributed by atoms with Crippen LogP contribution < -0.4 is 0 Å². The van der Waals surface area contributed by atoms with E-state index in [1.807, 2.05) is 25.6 Å². The van der Waals surface area contributed by atoms with E-state index in [1.165, 1.54) is 0 Å². The zero-order valence-electron chi connectivity index (χ0n) is 9.56. The van der Waals surface area contributed by atoms with Gasteiger partial charge in [0, 0.05) is 24.3 Å². The van der Waals surface area contributed by atoms with Crippen molar-refractivity contribution in [3.63, 3.8) is 0 Å². The number of hydrogen-bond acceptors (Lipinski definition) is 2. The molecule has 0 aliphatic rings. The molecule has 0 radical (unpaired) electrons. The van der Waals surface area contributed by atoms with Crippen LogP contribution in [0.3, 0.4) is 0 Å². The summed E-state index contributed by atoms with van der Waals surface area (Å²) in [5.41, 5.74) is 0. The van der Waals surface area contributed by atoms with Gasteiger partial charge in [0.2, 0.25) is 0 Å². The molecule has 4 heteroatoms. The zero-order chi connectivity index (χ0) is 11.1. The largest absolute Gasteiger partial charge is 0.337 e. The Bertz CT molecular complexity index is 246. The number of aryl methyl sites for hydroxylation is 1. The summed E-state index contributed by atoms with van der Waals surface area (Å²) in [6.07, 6.45) is 7.90. The molecule has 1 rings (SSSR count). The van der Waals surface area contributed by atoms with Gasteiger partial charge in [0.1, 0.15) is 0 Å². The highest BCUT2D eigenvalue weighted by atomic mass is 35.5. The van der Waals surface area contributed by atoms with Crippen molar-refractivity contribution in [2.45, 2.75) is 31.7 Å². The number of hydrogen-bond donors (Lipinski definition) is 0. The lowest BCUT2D eigenvalue weighted by molar-refractivity contribution is 0.317. The molecule has 15 heavy (non-hydrogen) atoms. The van der Waals surface area contributed by atoms with Crippen LogP contribution in [0.5, 0.6) is 0 Å². The quantitative estimate of drug-likeness (QED) is 0.669. The Morgan fingerprint density at radius 1 is 1.47 bits per heavy atom. The van der Waals surface area contributed by atoms with E-state index in [9.17, 15) is 0 Å². The molecule has 0 aromatic carbocycles. The third-order valence-electron chi connectivity index (χ3n) is 2.42. The maximum atomic E-state index is 5.90. The van der Waals surface area contributed by atoms with Crippen LogP contribution >= 0.6 is 11.6 Å². The number of nitrogens with zero attached hydrogens (tertiary/aromatic N) is 3. The van der Waals surface area contributed by atoms with Crippen molar-refractivity contribution in [2.24, 2.45) is 0 Å². The predicted molar refractivity (Wildman–Crippen MR) is 64.3 cm³/mol. The van der Waals surface area contributed by atoms with Crippen molar-refractivity contribution in [3.05, 3.63) is 18.7 Å². The molecule has 3 nitrogen and oxygen atoms in total. The number of alkyl halides is 1. The minimum atomic E-state index is 0.279. The van der Waals surface area contributed by atoms with Gasteiger partial charge in [0.15, 0.2) is 0 Å². The molecule has 0 saturated heterocycles. The smallest absolute Gasteiger partial charge is 0.0945 e. The molecule has 0 amide bonds. The summed E-state index contributed by atoms with van der Waals surface area (Å²) in [5, 5.41) is 0.279. The van der Waals surface area contributed by atoms with E-state index in [4.69, 9.17) is 11.6 Å². The van der Waals surface area contributed by atoms with Crippen LogP contribution in [-0.4, -0.2) is 40.0 Å². The summed E-state index contributed by atoms with van der Waals surface area (Å²) in [7, 11) is 2.15. The fourth-order valence-corrected chi connectivity index (χ4v) is 1.55. The number of halogens is 1. The first-order valence-corrected chi connectivity index (χ1v) is 5.90. The minimum Gasteiger partial charge on any atom is -0.337 e. The van der Waals surface area contributed by atoms with Gasteiger partial charge in [-0.05, 0) is 39.9 Å². The molecule has 0 aliphatic heterocycles. The summed E-state index contributed by atoms with van der Waals surface area (Å²) in [6, 6.07) is 0. The van der Waals surface area contributed by atoms with E-state index in [-0.39, 0.29) is 5.38 Å². The first kappa shape index (κ1) is 12.5. The third-order valence-corrected chi connectivity index (χ3v) is 2.64. The van der Waals surface area contributed by atoms with Gasteiger partial charge in [-0.15, -0.1) is 11.6 Å². The lowest BCUT2D eigenvalue weighted by Crippen LogP contribution is -2.23. The highest BCUT2D eigenvalue weighted by Crippen LogP contribution is 2.01. The Morgan fingerprint density at radius 3 is 2.87 bits per heavy atom. The first-order valence-electron chi connectivity index (χ1n) is 5.47. The molecule has 0 bridgehead atoms. The molecule has 0 fully saturated rings. The van der Waals surface area contributed by atoms with Crippen LogP contribution in [0.2, 0.25) is 0 Å². The van der Waals surface area contributed by atoms with Crippen molar-refractivity contribution in [2.75, 3.05) is 20.1 Å². The SMILES string of the molecule is CC(Cl)CCN(C)CCCn1ccnc1. The molecule has 0 aliphatic carbocycles. The van der Waals surface area contributed by atoms with Gasteiger partial charge in [-0.3, -0.25) is 0 Å². The molecule has 0 spiro atoms. The summed E-state index contributed by atoms with van der Waals surface area (Å²) >= 11 is 5.90. The molecule has 1 heterocycles. The summed E-state index contributed by atoms with van der Waals surface area (Å²) in [6.45, 7) is 5.28. The van der Waals surface area contributed by atoms with Crippen molar-refractivity contribution >= 4 is 11.6 Å². The van der Waals surface area contributed by atoms with Crippen molar-refractivity contribution in [3.8, 4) is 0 Å². The Morgan fingerprint density at radius 2 is 2.27 bits per heavy atom. The lowest BCUT2D eigenvalue weighted by Gasteiger charge is -2.17. The third kappa shape index (κ3) is 5.80. The number of aromatic nitrogens is 2. The molecule has 1 aromatic rings. The van der Waals surface area contributed by atoms with Crippen molar-refractivity contribution in [1.29, 1.82) is 0 Å². The Hall–Kier alpha value is -0.540. The second kappa shape index (κ2) is 6.85. The standard InChI is InChI=1S/C11H20ClN3/c1-11(12)4-8-14(2)6-3-7-15-9-5-13-10-15/h5,9-11H,3-4,6-8H2,1-2H3. The zero-order valence-corrected chi connectivity index (χ0v) is 10.3. The highest BCUT2D eigenvalue weighted by Gasteiger charge is 2.01. The van der Waals surface area contributed by atoms with E-state index in [0.29, 0.717) is 0 Å². The molecular weight excluding hydrogens is 210 g/mol. The number of rotatable bonds is 7. The molecule has 86 valence electrons. The van der Waals surface area contributed by atoms with E-state index in [0.717, 1.165) is 32.5 Å². The van der Waals surface area contributed by atoms with Gasteiger partial charge < -0.3 is 9.47 Å². The fraction of sp³-hybridized carbons (Fsp3) is 0.727. The van der Waals surface area contributed by atoms with Crippen LogP contribution in [-0.2, 0) is 6.54 Å². The van der Waals surface area contributed by atoms with E-state index in [2.05, 4.69) is 21.5 Å². The van der Waals surface area contributed by atoms with Crippen LogP contribution in [0.4, 0.5) is 0 Å². The lowest BCUT2D eigenvalue weighted by atomic mass is 10.3. The molecule has 1 aromatic heterocycles. The highest BCUT2D eigenvalue weighted by molar-refractivity contribution is 6.20. The molecule has 0 N–H and O–H groups in total. The molecular formula is C11H20ClN3. The summed E-state index contributed by atoms with van der Waals surface area (Å²) in [5.74, 6) is 0. The molecule has 0 saturated carbocycles. The Kier molecular flexibility index (Phi) is 5.73. The average Bonchev–Trinajstić information content (AvgIpc) is 2.67. The van der Waals surface area contributed by atoms with Gasteiger partial charge in [-0.2, -0.15) is 0 Å². The van der Waals surface area contributed by atoms with E-state index >= 15 is 0 Å². The predicted octanol–water partition coefficient (Wildman–Crippen LogP) is 2.22. The number of imidazole rings is 1. The molecule has 1 unspecified atom stereocenters. The summed E-state index contributed by atoms with van der Waals surface area (Å²) < 4.78 is 2.11. The van der Waals surface area contributed by atoms with Gasteiger partial charge >= 0.3 is 0 Å². The maximum absolute atomic E-state index is 5.90. The van der Waals surface area contributed by atoms with Crippen LogP contribution in [0.15, 0.2) is 18.7 Å². The second-order valence-corrected chi connectivity index (χ2v) is 4.77. The van der Waals surface area contributed by atoms with Gasteiger partial charge in [-0.1, -0.05) is 0 Å². The van der Waals surface area contributed by atoms with Gasteiger partial charge in [-0.25, -0.2) is 4.98 Å². The minimum absolute atomic E-state index is 0.279.